The third-order valence-corrected chi connectivity index (χ3v) is 2.70. The Bertz CT molecular complexity index is 367. The predicted molar refractivity (Wildman–Crippen MR) is 65.5 cm³/mol. The molecule has 1 aromatic carbocycles. The van der Waals surface area contributed by atoms with Crippen LogP contribution in [0.3, 0.4) is 0 Å². The Morgan fingerprint density at radius 2 is 2.00 bits per heavy atom. The molecule has 0 fully saturated rings. The molecule has 1 rings (SSSR count). The van der Waals surface area contributed by atoms with Gasteiger partial charge in [-0.15, -0.1) is 6.42 Å². The van der Waals surface area contributed by atoms with Crippen molar-refractivity contribution in [1.29, 1.82) is 0 Å². The SMILES string of the molecule is C#CC(CC)NC(CC)c1ccccc1F. The van der Waals surface area contributed by atoms with Crippen molar-refractivity contribution in [2.45, 2.75) is 38.8 Å². The van der Waals surface area contributed by atoms with Crippen LogP contribution in [0.2, 0.25) is 0 Å². The second-order valence-corrected chi connectivity index (χ2v) is 3.78. The molecule has 0 saturated carbocycles. The van der Waals surface area contributed by atoms with Crippen molar-refractivity contribution in [2.75, 3.05) is 0 Å². The van der Waals surface area contributed by atoms with Crippen molar-refractivity contribution in [3.63, 3.8) is 0 Å². The summed E-state index contributed by atoms with van der Waals surface area (Å²) in [5.41, 5.74) is 0.693. The lowest BCUT2D eigenvalue weighted by Gasteiger charge is -2.21. The second kappa shape index (κ2) is 6.30. The zero-order chi connectivity index (χ0) is 12.0. The van der Waals surface area contributed by atoms with Gasteiger partial charge in [0.05, 0.1) is 6.04 Å². The number of terminal acetylenes is 1. The molecule has 1 nitrogen and oxygen atoms in total. The molecule has 0 amide bonds. The van der Waals surface area contributed by atoms with Crippen LogP contribution >= 0.6 is 0 Å². The maximum Gasteiger partial charge on any atom is 0.127 e. The number of rotatable bonds is 5. The molecular formula is C14H18FN. The summed E-state index contributed by atoms with van der Waals surface area (Å²) in [5.74, 6) is 2.50. The molecule has 1 N–H and O–H groups in total. The van der Waals surface area contributed by atoms with Gasteiger partial charge in [0.15, 0.2) is 0 Å². The molecule has 0 aliphatic heterocycles. The minimum Gasteiger partial charge on any atom is -0.297 e. The van der Waals surface area contributed by atoms with Gasteiger partial charge in [-0.05, 0) is 18.9 Å². The van der Waals surface area contributed by atoms with Crippen LogP contribution in [0.1, 0.15) is 38.3 Å². The highest BCUT2D eigenvalue weighted by atomic mass is 19.1. The van der Waals surface area contributed by atoms with Crippen molar-refractivity contribution in [1.82, 2.24) is 5.32 Å². The average molecular weight is 219 g/mol. The van der Waals surface area contributed by atoms with E-state index in [2.05, 4.69) is 11.2 Å². The predicted octanol–water partition coefficient (Wildman–Crippen LogP) is 3.28. The molecule has 0 aliphatic carbocycles. The van der Waals surface area contributed by atoms with Crippen LogP contribution in [0.5, 0.6) is 0 Å². The van der Waals surface area contributed by atoms with Crippen LogP contribution in [0.25, 0.3) is 0 Å². The van der Waals surface area contributed by atoms with Gasteiger partial charge in [-0.3, -0.25) is 5.32 Å². The van der Waals surface area contributed by atoms with E-state index >= 15 is 0 Å². The van der Waals surface area contributed by atoms with Crippen molar-refractivity contribution in [3.8, 4) is 12.3 Å². The van der Waals surface area contributed by atoms with E-state index in [1.807, 2.05) is 19.9 Å². The first-order valence-corrected chi connectivity index (χ1v) is 5.69. The number of benzene rings is 1. The number of nitrogens with one attached hydrogen (secondary N) is 1. The summed E-state index contributed by atoms with van der Waals surface area (Å²) in [6, 6.07) is 6.83. The number of halogens is 1. The quantitative estimate of drug-likeness (QED) is 0.749. The molecule has 2 atom stereocenters. The normalized spacial score (nSPS) is 14.1. The summed E-state index contributed by atoms with van der Waals surface area (Å²) in [6.07, 6.45) is 7.06. The lowest BCUT2D eigenvalue weighted by atomic mass is 10.0. The summed E-state index contributed by atoms with van der Waals surface area (Å²) in [5, 5.41) is 3.28. The Balaban J connectivity index is 2.83. The van der Waals surface area contributed by atoms with Crippen molar-refractivity contribution in [2.24, 2.45) is 0 Å². The van der Waals surface area contributed by atoms with Gasteiger partial charge < -0.3 is 0 Å². The van der Waals surface area contributed by atoms with Gasteiger partial charge in [-0.1, -0.05) is 38.0 Å². The molecule has 0 heterocycles. The standard InChI is InChI=1S/C14H18FN/c1-4-11(5-2)16-14(6-3)12-9-7-8-10-13(12)15/h1,7-11,14,16H,5-6H2,2-3H3. The Labute approximate surface area is 97.1 Å². The lowest BCUT2D eigenvalue weighted by Crippen LogP contribution is -2.31. The fraction of sp³-hybridized carbons (Fsp3) is 0.429. The third kappa shape index (κ3) is 3.08. The molecule has 1 aromatic rings. The van der Waals surface area contributed by atoms with Gasteiger partial charge >= 0.3 is 0 Å². The van der Waals surface area contributed by atoms with E-state index in [0.29, 0.717) is 5.56 Å². The molecule has 16 heavy (non-hydrogen) atoms. The second-order valence-electron chi connectivity index (χ2n) is 3.78. The largest absolute Gasteiger partial charge is 0.297 e. The average Bonchev–Trinajstić information content (AvgIpc) is 2.32. The van der Waals surface area contributed by atoms with Gasteiger partial charge in [-0.25, -0.2) is 4.39 Å². The maximum absolute atomic E-state index is 13.6. The van der Waals surface area contributed by atoms with Crippen LogP contribution in [0.4, 0.5) is 4.39 Å². The monoisotopic (exact) mass is 219 g/mol. The topological polar surface area (TPSA) is 12.0 Å². The first-order valence-electron chi connectivity index (χ1n) is 5.69. The smallest absolute Gasteiger partial charge is 0.127 e. The van der Waals surface area contributed by atoms with Crippen molar-refractivity contribution >= 4 is 0 Å². The van der Waals surface area contributed by atoms with E-state index in [0.717, 1.165) is 12.8 Å². The summed E-state index contributed by atoms with van der Waals surface area (Å²) < 4.78 is 13.6. The zero-order valence-corrected chi connectivity index (χ0v) is 9.83. The van der Waals surface area contributed by atoms with E-state index in [1.165, 1.54) is 6.07 Å². The highest BCUT2D eigenvalue weighted by Crippen LogP contribution is 2.20. The zero-order valence-electron chi connectivity index (χ0n) is 9.83. The van der Waals surface area contributed by atoms with Crippen LogP contribution in [-0.4, -0.2) is 6.04 Å². The summed E-state index contributed by atoms with van der Waals surface area (Å²) >= 11 is 0. The third-order valence-electron chi connectivity index (χ3n) is 2.70. The fourth-order valence-corrected chi connectivity index (χ4v) is 1.71. The van der Waals surface area contributed by atoms with Crippen LogP contribution in [0, 0.1) is 18.2 Å². The first-order chi connectivity index (χ1) is 7.72. The van der Waals surface area contributed by atoms with E-state index in [9.17, 15) is 4.39 Å². The summed E-state index contributed by atoms with van der Waals surface area (Å²) in [7, 11) is 0. The minimum absolute atomic E-state index is 0.00422. The fourth-order valence-electron chi connectivity index (χ4n) is 1.71. The highest BCUT2D eigenvalue weighted by Gasteiger charge is 2.15. The van der Waals surface area contributed by atoms with Crippen LogP contribution < -0.4 is 5.32 Å². The number of hydrogen-bond acceptors (Lipinski definition) is 1. The Hall–Kier alpha value is -1.33. The van der Waals surface area contributed by atoms with Gasteiger partial charge in [-0.2, -0.15) is 0 Å². The van der Waals surface area contributed by atoms with Gasteiger partial charge in [0, 0.05) is 11.6 Å². The first kappa shape index (κ1) is 12.7. The van der Waals surface area contributed by atoms with Crippen molar-refractivity contribution < 1.29 is 4.39 Å². The highest BCUT2D eigenvalue weighted by molar-refractivity contribution is 5.21. The molecule has 0 aromatic heterocycles. The van der Waals surface area contributed by atoms with E-state index in [1.54, 1.807) is 12.1 Å². The molecule has 0 aliphatic rings. The van der Waals surface area contributed by atoms with Gasteiger partial charge in [0.25, 0.3) is 0 Å². The maximum atomic E-state index is 13.6. The Morgan fingerprint density at radius 1 is 1.31 bits per heavy atom. The molecule has 86 valence electrons. The van der Waals surface area contributed by atoms with Gasteiger partial charge in [0.2, 0.25) is 0 Å². The molecule has 2 unspecified atom stereocenters. The summed E-state index contributed by atoms with van der Waals surface area (Å²) in [4.78, 5) is 0. The van der Waals surface area contributed by atoms with Crippen LogP contribution in [-0.2, 0) is 0 Å². The minimum atomic E-state index is -0.172. The molecule has 0 spiro atoms. The molecule has 2 heteroatoms. The lowest BCUT2D eigenvalue weighted by molar-refractivity contribution is 0.453. The van der Waals surface area contributed by atoms with E-state index < -0.39 is 0 Å². The molecule has 0 saturated heterocycles. The molecule has 0 bridgehead atoms. The van der Waals surface area contributed by atoms with Crippen LogP contribution in [0.15, 0.2) is 24.3 Å². The summed E-state index contributed by atoms with van der Waals surface area (Å²) in [6.45, 7) is 4.04. The van der Waals surface area contributed by atoms with E-state index in [-0.39, 0.29) is 17.9 Å². The number of hydrogen-bond donors (Lipinski definition) is 1. The molecule has 0 radical (unpaired) electrons. The Morgan fingerprint density at radius 3 is 2.50 bits per heavy atom. The van der Waals surface area contributed by atoms with Gasteiger partial charge in [0.1, 0.15) is 5.82 Å². The molecular weight excluding hydrogens is 201 g/mol. The Kier molecular flexibility index (Phi) is 5.01. The van der Waals surface area contributed by atoms with E-state index in [4.69, 9.17) is 6.42 Å². The van der Waals surface area contributed by atoms with Crippen molar-refractivity contribution in [3.05, 3.63) is 35.6 Å².